The third-order valence-corrected chi connectivity index (χ3v) is 7.43. The van der Waals surface area contributed by atoms with Gasteiger partial charge in [0.25, 0.3) is 0 Å². The molecule has 9 heteroatoms. The van der Waals surface area contributed by atoms with E-state index < -0.39 is 0 Å². The molecule has 6 rings (SSSR count). The molecule has 1 N–H and O–H groups in total. The van der Waals surface area contributed by atoms with Gasteiger partial charge in [0.15, 0.2) is 11.6 Å². The highest BCUT2D eigenvalue weighted by Crippen LogP contribution is 2.49. The van der Waals surface area contributed by atoms with Gasteiger partial charge in [0.2, 0.25) is 0 Å². The van der Waals surface area contributed by atoms with Crippen LogP contribution in [0, 0.1) is 35.9 Å². The summed E-state index contributed by atoms with van der Waals surface area (Å²) in [5.74, 6) is 2.38. The van der Waals surface area contributed by atoms with Gasteiger partial charge >= 0.3 is 0 Å². The second-order valence-corrected chi connectivity index (χ2v) is 9.51. The van der Waals surface area contributed by atoms with Crippen LogP contribution < -0.4 is 15.0 Å². The fourth-order valence-corrected chi connectivity index (χ4v) is 5.65. The van der Waals surface area contributed by atoms with E-state index in [0.717, 1.165) is 34.7 Å². The van der Waals surface area contributed by atoms with Gasteiger partial charge in [0.1, 0.15) is 17.6 Å². The average Bonchev–Trinajstić information content (AvgIpc) is 3.28. The minimum atomic E-state index is -0.315. The lowest BCUT2D eigenvalue weighted by Gasteiger charge is -2.64. The van der Waals surface area contributed by atoms with Gasteiger partial charge in [-0.2, -0.15) is 10.4 Å². The molecule has 2 fully saturated rings. The number of nitrogens with zero attached hydrogens (tertiary/aromatic N) is 6. The van der Waals surface area contributed by atoms with Crippen LogP contribution in [0.1, 0.15) is 25.1 Å². The smallest absolute Gasteiger partial charge is 0.165 e. The SMILES string of the molecule is CCOc1cc(-c2ccc(N3C[C@@H]4C3[C@@H](C)[C@@H]4Nc3nc(C)ccc3F)nc2)c2c(C#N)cnn2c1. The molecule has 1 saturated carbocycles. The normalized spacial score (nSPS) is 22.4. The van der Waals surface area contributed by atoms with Crippen molar-refractivity contribution in [3.63, 3.8) is 0 Å². The van der Waals surface area contributed by atoms with E-state index in [1.165, 1.54) is 6.07 Å². The maximum absolute atomic E-state index is 14.2. The zero-order valence-electron chi connectivity index (χ0n) is 20.3. The summed E-state index contributed by atoms with van der Waals surface area (Å²) in [6, 6.07) is 11.9. The van der Waals surface area contributed by atoms with E-state index in [1.54, 1.807) is 23.0 Å². The van der Waals surface area contributed by atoms with E-state index in [2.05, 4.69) is 33.3 Å². The number of aromatic nitrogens is 4. The number of hydrogen-bond donors (Lipinski definition) is 1. The van der Waals surface area contributed by atoms with E-state index in [-0.39, 0.29) is 11.9 Å². The number of fused-ring (bicyclic) bond motifs is 2. The van der Waals surface area contributed by atoms with Gasteiger partial charge in [0.05, 0.1) is 30.1 Å². The Hall–Kier alpha value is -4.19. The fraction of sp³-hybridized carbons (Fsp3) is 0.333. The first-order chi connectivity index (χ1) is 17.5. The van der Waals surface area contributed by atoms with E-state index in [4.69, 9.17) is 9.72 Å². The van der Waals surface area contributed by atoms with Crippen LogP contribution in [-0.2, 0) is 0 Å². The van der Waals surface area contributed by atoms with Crippen molar-refractivity contribution >= 4 is 17.2 Å². The molecule has 8 nitrogen and oxygen atoms in total. The molecule has 0 bridgehead atoms. The molecule has 1 aliphatic carbocycles. The molecule has 4 aromatic rings. The highest BCUT2D eigenvalue weighted by atomic mass is 19.1. The first-order valence-corrected chi connectivity index (χ1v) is 12.2. The molecule has 0 aromatic carbocycles. The Morgan fingerprint density at radius 3 is 2.83 bits per heavy atom. The van der Waals surface area contributed by atoms with Gasteiger partial charge in [0, 0.05) is 47.6 Å². The predicted octanol–water partition coefficient (Wildman–Crippen LogP) is 4.44. The van der Waals surface area contributed by atoms with Crippen molar-refractivity contribution in [3.8, 4) is 22.9 Å². The number of nitrogens with one attached hydrogen (secondary N) is 1. The third kappa shape index (κ3) is 3.44. The number of halogens is 1. The number of ether oxygens (including phenoxy) is 1. The molecule has 0 radical (unpaired) electrons. The molecular weight excluding hydrogens is 457 g/mol. The zero-order valence-corrected chi connectivity index (χ0v) is 20.3. The molecule has 1 aliphatic heterocycles. The van der Waals surface area contributed by atoms with Crippen LogP contribution in [0.3, 0.4) is 0 Å². The molecule has 182 valence electrons. The summed E-state index contributed by atoms with van der Waals surface area (Å²) in [6.07, 6.45) is 5.19. The Kier molecular flexibility index (Phi) is 5.25. The molecule has 5 heterocycles. The quantitative estimate of drug-likeness (QED) is 0.433. The second-order valence-electron chi connectivity index (χ2n) is 9.51. The number of anilines is 2. The Morgan fingerprint density at radius 2 is 2.11 bits per heavy atom. The Morgan fingerprint density at radius 1 is 1.25 bits per heavy atom. The summed E-state index contributed by atoms with van der Waals surface area (Å²) >= 11 is 0. The molecule has 2 aliphatic rings. The van der Waals surface area contributed by atoms with Crippen molar-refractivity contribution in [1.29, 1.82) is 5.26 Å². The Balaban J connectivity index is 1.22. The summed E-state index contributed by atoms with van der Waals surface area (Å²) in [4.78, 5) is 11.4. The molecule has 4 aromatic heterocycles. The van der Waals surface area contributed by atoms with Gasteiger partial charge < -0.3 is 15.0 Å². The molecule has 1 unspecified atom stereocenters. The molecule has 0 spiro atoms. The third-order valence-electron chi connectivity index (χ3n) is 7.43. The van der Waals surface area contributed by atoms with Crippen LogP contribution in [-0.4, -0.2) is 44.8 Å². The lowest BCUT2D eigenvalue weighted by molar-refractivity contribution is 0.0583. The standard InChI is InChI=1S/C27H26FN7O/c1-4-36-19-9-20(26-18(10-29)12-31-35(26)13-19)17-6-8-23(30-11-17)34-14-21-24(16(3)25(21)34)33-27-22(28)7-5-15(2)32-27/h5-9,11-13,16,21,24-25H,4,14H2,1-3H3,(H,32,33)/t16-,21-,24-,25?/m0/s1. The van der Waals surface area contributed by atoms with Gasteiger partial charge in [-0.05, 0) is 50.1 Å². The lowest BCUT2D eigenvalue weighted by Crippen LogP contribution is -2.76. The van der Waals surface area contributed by atoms with Crippen molar-refractivity contribution in [3.05, 3.63) is 66.0 Å². The van der Waals surface area contributed by atoms with Gasteiger partial charge in [-0.3, -0.25) is 0 Å². The summed E-state index contributed by atoms with van der Waals surface area (Å²) < 4.78 is 21.6. The summed E-state index contributed by atoms with van der Waals surface area (Å²) in [5.41, 5.74) is 3.78. The van der Waals surface area contributed by atoms with E-state index in [1.807, 2.05) is 38.2 Å². The maximum atomic E-state index is 14.2. The fourth-order valence-electron chi connectivity index (χ4n) is 5.65. The number of hydrogen-bond acceptors (Lipinski definition) is 7. The van der Waals surface area contributed by atoms with Crippen LogP contribution >= 0.6 is 0 Å². The molecule has 4 atom stereocenters. The van der Waals surface area contributed by atoms with Crippen molar-refractivity contribution in [2.24, 2.45) is 11.8 Å². The van der Waals surface area contributed by atoms with Crippen molar-refractivity contribution < 1.29 is 9.13 Å². The Labute approximate surface area is 208 Å². The molecule has 36 heavy (non-hydrogen) atoms. The zero-order chi connectivity index (χ0) is 25.0. The molecule has 0 amide bonds. The van der Waals surface area contributed by atoms with E-state index in [0.29, 0.717) is 41.6 Å². The van der Waals surface area contributed by atoms with Crippen LogP contribution in [0.25, 0.3) is 16.6 Å². The number of pyridine rings is 3. The largest absolute Gasteiger partial charge is 0.492 e. The number of piperidine rings is 1. The van der Waals surface area contributed by atoms with Crippen LogP contribution in [0.15, 0.2) is 48.9 Å². The monoisotopic (exact) mass is 483 g/mol. The predicted molar refractivity (Wildman–Crippen MR) is 134 cm³/mol. The molecule has 1 saturated heterocycles. The highest BCUT2D eigenvalue weighted by Gasteiger charge is 2.58. The van der Waals surface area contributed by atoms with E-state index >= 15 is 0 Å². The lowest BCUT2D eigenvalue weighted by atomic mass is 9.59. The van der Waals surface area contributed by atoms with Gasteiger partial charge in [-0.25, -0.2) is 18.9 Å². The van der Waals surface area contributed by atoms with Crippen LogP contribution in [0.2, 0.25) is 0 Å². The number of rotatable bonds is 6. The maximum Gasteiger partial charge on any atom is 0.165 e. The first-order valence-electron chi connectivity index (χ1n) is 12.2. The summed E-state index contributed by atoms with van der Waals surface area (Å²) in [5, 5.41) is 17.2. The van der Waals surface area contributed by atoms with Gasteiger partial charge in [-0.15, -0.1) is 0 Å². The second kappa shape index (κ2) is 8.48. The number of aryl methyl sites for hydroxylation is 1. The summed E-state index contributed by atoms with van der Waals surface area (Å²) in [7, 11) is 0. The van der Waals surface area contributed by atoms with Crippen molar-refractivity contribution in [2.75, 3.05) is 23.4 Å². The summed E-state index contributed by atoms with van der Waals surface area (Å²) in [6.45, 7) is 7.38. The average molecular weight is 484 g/mol. The minimum absolute atomic E-state index is 0.190. The first kappa shape index (κ1) is 22.3. The van der Waals surface area contributed by atoms with Crippen LogP contribution in [0.5, 0.6) is 5.75 Å². The van der Waals surface area contributed by atoms with Crippen LogP contribution in [0.4, 0.5) is 16.0 Å². The number of nitriles is 1. The van der Waals surface area contributed by atoms with E-state index in [9.17, 15) is 9.65 Å². The van der Waals surface area contributed by atoms with Crippen molar-refractivity contribution in [2.45, 2.75) is 32.9 Å². The molecular formula is C27H26FN7O. The van der Waals surface area contributed by atoms with Gasteiger partial charge in [-0.1, -0.05) is 6.92 Å². The topological polar surface area (TPSA) is 91.4 Å². The Bertz CT molecular complexity index is 1490. The minimum Gasteiger partial charge on any atom is -0.492 e. The highest BCUT2D eigenvalue weighted by molar-refractivity contribution is 5.85. The van der Waals surface area contributed by atoms with Crippen molar-refractivity contribution in [1.82, 2.24) is 19.6 Å².